The first-order valence-corrected chi connectivity index (χ1v) is 6.34. The van der Waals surface area contributed by atoms with Crippen LogP contribution in [0.5, 0.6) is 0 Å². The van der Waals surface area contributed by atoms with Crippen LogP contribution in [0.3, 0.4) is 0 Å². The van der Waals surface area contributed by atoms with Gasteiger partial charge in [-0.1, -0.05) is 12.7 Å². The van der Waals surface area contributed by atoms with Crippen molar-refractivity contribution < 1.29 is 19.4 Å². The summed E-state index contributed by atoms with van der Waals surface area (Å²) in [4.78, 5) is 22.3. The highest BCUT2D eigenvalue weighted by molar-refractivity contribution is 5.74. The standard InChI is InChI=1S/C13H19NO4/c1-2-7-18-12(17)14-9-3-5-13(6-4-9)8-10(13)11(15)16/h2,9-10H,1,3-8H2,(H,14,17)(H,15,16). The van der Waals surface area contributed by atoms with Crippen molar-refractivity contribution in [2.75, 3.05) is 6.61 Å². The minimum Gasteiger partial charge on any atom is -0.481 e. The average Bonchev–Trinajstić information content (AvgIpc) is 3.05. The Kier molecular flexibility index (Phi) is 3.59. The Hall–Kier alpha value is -1.52. The van der Waals surface area contributed by atoms with E-state index in [4.69, 9.17) is 9.84 Å². The van der Waals surface area contributed by atoms with Gasteiger partial charge < -0.3 is 15.2 Å². The largest absolute Gasteiger partial charge is 0.481 e. The Morgan fingerprint density at radius 3 is 2.61 bits per heavy atom. The van der Waals surface area contributed by atoms with Gasteiger partial charge in [0.1, 0.15) is 6.61 Å². The predicted molar refractivity (Wildman–Crippen MR) is 65.1 cm³/mol. The molecule has 2 saturated carbocycles. The maximum absolute atomic E-state index is 11.3. The molecule has 0 aromatic rings. The lowest BCUT2D eigenvalue weighted by molar-refractivity contribution is -0.139. The fourth-order valence-corrected chi connectivity index (χ4v) is 2.93. The molecule has 1 amide bonds. The van der Waals surface area contributed by atoms with E-state index in [9.17, 15) is 9.59 Å². The smallest absolute Gasteiger partial charge is 0.407 e. The molecule has 2 N–H and O–H groups in total. The summed E-state index contributed by atoms with van der Waals surface area (Å²) >= 11 is 0. The molecule has 0 bridgehead atoms. The first-order chi connectivity index (χ1) is 8.57. The first-order valence-electron chi connectivity index (χ1n) is 6.34. The number of nitrogens with one attached hydrogen (secondary N) is 1. The number of carboxylic acid groups (broad SMARTS) is 1. The van der Waals surface area contributed by atoms with Gasteiger partial charge in [0.2, 0.25) is 0 Å². The van der Waals surface area contributed by atoms with Crippen LogP contribution in [0.25, 0.3) is 0 Å². The SMILES string of the molecule is C=CCOC(=O)NC1CCC2(CC1)CC2C(=O)O. The van der Waals surface area contributed by atoms with Crippen LogP contribution in [0.15, 0.2) is 12.7 Å². The summed E-state index contributed by atoms with van der Waals surface area (Å²) in [5.41, 5.74) is 0.0229. The Balaban J connectivity index is 1.73. The van der Waals surface area contributed by atoms with E-state index in [1.165, 1.54) is 6.08 Å². The molecule has 1 atom stereocenters. The van der Waals surface area contributed by atoms with Gasteiger partial charge in [-0.25, -0.2) is 4.79 Å². The van der Waals surface area contributed by atoms with Crippen molar-refractivity contribution in [3.63, 3.8) is 0 Å². The molecule has 18 heavy (non-hydrogen) atoms. The van der Waals surface area contributed by atoms with Crippen molar-refractivity contribution in [2.24, 2.45) is 11.3 Å². The third kappa shape index (κ3) is 2.66. The molecule has 5 heteroatoms. The highest BCUT2D eigenvalue weighted by atomic mass is 16.5. The zero-order chi connectivity index (χ0) is 13.2. The van der Waals surface area contributed by atoms with Gasteiger partial charge in [-0.3, -0.25) is 4.79 Å². The maximum atomic E-state index is 11.3. The van der Waals surface area contributed by atoms with Crippen LogP contribution in [0.2, 0.25) is 0 Å². The summed E-state index contributed by atoms with van der Waals surface area (Å²) in [5.74, 6) is -0.835. The van der Waals surface area contributed by atoms with E-state index in [0.29, 0.717) is 0 Å². The number of rotatable bonds is 4. The monoisotopic (exact) mass is 253 g/mol. The third-order valence-electron chi connectivity index (χ3n) is 4.12. The highest BCUT2D eigenvalue weighted by Crippen LogP contribution is 2.61. The molecule has 5 nitrogen and oxygen atoms in total. The Bertz CT molecular complexity index is 358. The van der Waals surface area contributed by atoms with Crippen LogP contribution in [-0.4, -0.2) is 29.8 Å². The van der Waals surface area contributed by atoms with Crippen molar-refractivity contribution in [3.05, 3.63) is 12.7 Å². The van der Waals surface area contributed by atoms with Gasteiger partial charge in [-0.15, -0.1) is 0 Å². The summed E-state index contributed by atoms with van der Waals surface area (Å²) in [6.07, 6.45) is 5.36. The number of hydrogen-bond acceptors (Lipinski definition) is 3. The molecule has 0 saturated heterocycles. The summed E-state index contributed by atoms with van der Waals surface area (Å²) in [5, 5.41) is 11.8. The van der Waals surface area contributed by atoms with E-state index in [1.807, 2.05) is 0 Å². The quantitative estimate of drug-likeness (QED) is 0.751. The molecule has 100 valence electrons. The maximum Gasteiger partial charge on any atom is 0.407 e. The topological polar surface area (TPSA) is 75.6 Å². The van der Waals surface area contributed by atoms with E-state index in [-0.39, 0.29) is 24.0 Å². The number of amides is 1. The van der Waals surface area contributed by atoms with Crippen molar-refractivity contribution in [3.8, 4) is 0 Å². The molecule has 0 aromatic heterocycles. The molecule has 1 unspecified atom stereocenters. The van der Waals surface area contributed by atoms with Crippen LogP contribution in [0.4, 0.5) is 4.79 Å². The number of ether oxygens (including phenoxy) is 1. The van der Waals surface area contributed by atoms with E-state index < -0.39 is 12.1 Å². The van der Waals surface area contributed by atoms with Gasteiger partial charge in [0.15, 0.2) is 0 Å². The molecule has 2 fully saturated rings. The summed E-state index contributed by atoms with van der Waals surface area (Å²) in [6, 6.07) is 0.114. The van der Waals surface area contributed by atoms with Crippen LogP contribution >= 0.6 is 0 Å². The number of hydrogen-bond donors (Lipinski definition) is 2. The fourth-order valence-electron chi connectivity index (χ4n) is 2.93. The van der Waals surface area contributed by atoms with Crippen LogP contribution < -0.4 is 5.32 Å². The summed E-state index contributed by atoms with van der Waals surface area (Å²) in [6.45, 7) is 3.68. The molecule has 1 spiro atoms. The van der Waals surface area contributed by atoms with Crippen molar-refractivity contribution in [2.45, 2.75) is 38.1 Å². The Morgan fingerprint density at radius 2 is 2.11 bits per heavy atom. The minimum absolute atomic E-state index is 0.0229. The van der Waals surface area contributed by atoms with E-state index in [0.717, 1.165) is 32.1 Å². The molecule has 0 heterocycles. The van der Waals surface area contributed by atoms with E-state index in [2.05, 4.69) is 11.9 Å². The van der Waals surface area contributed by atoms with E-state index >= 15 is 0 Å². The third-order valence-corrected chi connectivity index (χ3v) is 4.12. The number of carbonyl (C=O) groups is 2. The first kappa shape index (κ1) is 12.9. The molecule has 2 aliphatic carbocycles. The lowest BCUT2D eigenvalue weighted by Gasteiger charge is -2.29. The Morgan fingerprint density at radius 1 is 1.44 bits per heavy atom. The highest BCUT2D eigenvalue weighted by Gasteiger charge is 2.58. The van der Waals surface area contributed by atoms with Crippen LogP contribution in [0.1, 0.15) is 32.1 Å². The number of carbonyl (C=O) groups excluding carboxylic acids is 1. The molecule has 2 aliphatic rings. The Labute approximate surface area is 106 Å². The molecular weight excluding hydrogens is 234 g/mol. The minimum atomic E-state index is -0.674. The molecular formula is C13H19NO4. The van der Waals surface area contributed by atoms with Crippen molar-refractivity contribution >= 4 is 12.1 Å². The normalized spacial score (nSPS) is 33.8. The van der Waals surface area contributed by atoms with Gasteiger partial charge in [0, 0.05) is 6.04 Å². The summed E-state index contributed by atoms with van der Waals surface area (Å²) in [7, 11) is 0. The number of aliphatic carboxylic acids is 1. The molecule has 0 aromatic carbocycles. The second-order valence-corrected chi connectivity index (χ2v) is 5.26. The lowest BCUT2D eigenvalue weighted by Crippen LogP contribution is -2.38. The second kappa shape index (κ2) is 5.00. The zero-order valence-electron chi connectivity index (χ0n) is 10.4. The van der Waals surface area contributed by atoms with Gasteiger partial charge in [-0.2, -0.15) is 0 Å². The van der Waals surface area contributed by atoms with Gasteiger partial charge in [-0.05, 0) is 37.5 Å². The lowest BCUT2D eigenvalue weighted by atomic mass is 9.82. The molecule has 0 radical (unpaired) electrons. The number of carboxylic acids is 1. The van der Waals surface area contributed by atoms with Crippen LogP contribution in [0, 0.1) is 11.3 Å². The van der Waals surface area contributed by atoms with E-state index in [1.54, 1.807) is 0 Å². The molecule has 0 aliphatic heterocycles. The molecule has 2 rings (SSSR count). The predicted octanol–water partition coefficient (Wildman–Crippen LogP) is 1.93. The number of alkyl carbamates (subject to hydrolysis) is 1. The average molecular weight is 253 g/mol. The van der Waals surface area contributed by atoms with Gasteiger partial charge in [0.05, 0.1) is 5.92 Å². The van der Waals surface area contributed by atoms with Gasteiger partial charge in [0.25, 0.3) is 0 Å². The van der Waals surface area contributed by atoms with Crippen molar-refractivity contribution in [1.82, 2.24) is 5.32 Å². The van der Waals surface area contributed by atoms with Crippen LogP contribution in [-0.2, 0) is 9.53 Å². The summed E-state index contributed by atoms with van der Waals surface area (Å²) < 4.78 is 4.86. The fraction of sp³-hybridized carbons (Fsp3) is 0.692. The van der Waals surface area contributed by atoms with Crippen molar-refractivity contribution in [1.29, 1.82) is 0 Å². The van der Waals surface area contributed by atoms with Gasteiger partial charge >= 0.3 is 12.1 Å². The second-order valence-electron chi connectivity index (χ2n) is 5.26. The zero-order valence-corrected chi connectivity index (χ0v) is 10.4.